The smallest absolute Gasteiger partial charge is 0.0659 e. The number of anilines is 1. The zero-order chi connectivity index (χ0) is 9.68. The molecule has 0 aliphatic heterocycles. The maximum atomic E-state index is 5.83. The lowest BCUT2D eigenvalue weighted by Gasteiger charge is -2.11. The molecule has 4 N–H and O–H groups in total. The molecule has 1 aromatic rings. The highest BCUT2D eigenvalue weighted by atomic mass is 16.5. The van der Waals surface area contributed by atoms with Gasteiger partial charge in [0.2, 0.25) is 0 Å². The number of ether oxygens (including phenoxy) is 1. The molecule has 0 aliphatic rings. The van der Waals surface area contributed by atoms with Crippen LogP contribution in [0.5, 0.6) is 0 Å². The molecule has 1 rings (SSSR count). The van der Waals surface area contributed by atoms with E-state index in [1.807, 2.05) is 13.0 Å². The molecular formula is C9H15N3O. The summed E-state index contributed by atoms with van der Waals surface area (Å²) in [7, 11) is 0. The van der Waals surface area contributed by atoms with E-state index in [4.69, 9.17) is 16.2 Å². The van der Waals surface area contributed by atoms with Crippen molar-refractivity contribution in [1.29, 1.82) is 0 Å². The number of pyridine rings is 1. The lowest BCUT2D eigenvalue weighted by Crippen LogP contribution is -2.17. The van der Waals surface area contributed by atoms with Crippen molar-refractivity contribution >= 4 is 5.69 Å². The molecule has 0 amide bonds. The number of nitrogens with zero attached hydrogens (tertiary/aromatic N) is 1. The first-order valence-electron chi connectivity index (χ1n) is 4.27. The minimum Gasteiger partial charge on any atom is -0.397 e. The normalized spacial score (nSPS) is 12.8. The van der Waals surface area contributed by atoms with Crippen LogP contribution in [0.15, 0.2) is 18.5 Å². The fraction of sp³-hybridized carbons (Fsp3) is 0.444. The van der Waals surface area contributed by atoms with E-state index in [2.05, 4.69) is 4.98 Å². The zero-order valence-electron chi connectivity index (χ0n) is 7.73. The van der Waals surface area contributed by atoms with Gasteiger partial charge < -0.3 is 16.2 Å². The van der Waals surface area contributed by atoms with Gasteiger partial charge in [-0.15, -0.1) is 0 Å². The fourth-order valence-electron chi connectivity index (χ4n) is 1.02. The maximum absolute atomic E-state index is 5.83. The first-order valence-corrected chi connectivity index (χ1v) is 4.27. The molecule has 1 aromatic heterocycles. The summed E-state index contributed by atoms with van der Waals surface area (Å²) >= 11 is 0. The average Bonchev–Trinajstić information content (AvgIpc) is 2.14. The number of nitrogen functional groups attached to an aromatic ring is 1. The highest BCUT2D eigenvalue weighted by Crippen LogP contribution is 2.11. The van der Waals surface area contributed by atoms with Gasteiger partial charge in [-0.2, -0.15) is 0 Å². The zero-order valence-corrected chi connectivity index (χ0v) is 7.73. The van der Waals surface area contributed by atoms with Crippen LogP contribution in [0.1, 0.15) is 18.5 Å². The van der Waals surface area contributed by atoms with Gasteiger partial charge in [-0.05, 0) is 18.6 Å². The van der Waals surface area contributed by atoms with Gasteiger partial charge >= 0.3 is 0 Å². The van der Waals surface area contributed by atoms with Crippen molar-refractivity contribution in [3.8, 4) is 0 Å². The standard InChI is InChI=1S/C9H15N3O/c1-2-13-6-9(11)7-3-8(10)5-12-4-7/h3-5,9H,2,6,10-11H2,1H3. The average molecular weight is 181 g/mol. The van der Waals surface area contributed by atoms with Crippen LogP contribution in [0.4, 0.5) is 5.69 Å². The Morgan fingerprint density at radius 3 is 2.92 bits per heavy atom. The quantitative estimate of drug-likeness (QED) is 0.717. The Balaban J connectivity index is 2.60. The van der Waals surface area contributed by atoms with Crippen LogP contribution in [0.3, 0.4) is 0 Å². The first kappa shape index (κ1) is 9.95. The Bertz CT molecular complexity index is 265. The van der Waals surface area contributed by atoms with Gasteiger partial charge in [0, 0.05) is 19.0 Å². The molecule has 13 heavy (non-hydrogen) atoms. The maximum Gasteiger partial charge on any atom is 0.0659 e. The van der Waals surface area contributed by atoms with Crippen LogP contribution in [0.2, 0.25) is 0 Å². The van der Waals surface area contributed by atoms with E-state index in [0.717, 1.165) is 5.56 Å². The lowest BCUT2D eigenvalue weighted by molar-refractivity contribution is 0.133. The van der Waals surface area contributed by atoms with E-state index in [1.54, 1.807) is 12.4 Å². The molecule has 0 fully saturated rings. The van der Waals surface area contributed by atoms with Gasteiger partial charge in [0.05, 0.1) is 18.3 Å². The van der Waals surface area contributed by atoms with E-state index < -0.39 is 0 Å². The molecule has 0 aliphatic carbocycles. The molecule has 0 bridgehead atoms. The van der Waals surface area contributed by atoms with Crippen LogP contribution in [-0.2, 0) is 4.74 Å². The van der Waals surface area contributed by atoms with Crippen molar-refractivity contribution in [3.63, 3.8) is 0 Å². The van der Waals surface area contributed by atoms with Crippen LogP contribution < -0.4 is 11.5 Å². The van der Waals surface area contributed by atoms with Crippen molar-refractivity contribution in [2.45, 2.75) is 13.0 Å². The van der Waals surface area contributed by atoms with Gasteiger partial charge in [-0.25, -0.2) is 0 Å². The van der Waals surface area contributed by atoms with Gasteiger partial charge in [0.1, 0.15) is 0 Å². The summed E-state index contributed by atoms with van der Waals surface area (Å²) in [5.74, 6) is 0. The molecule has 0 radical (unpaired) electrons. The third kappa shape index (κ3) is 3.01. The van der Waals surface area contributed by atoms with Crippen molar-refractivity contribution in [2.75, 3.05) is 18.9 Å². The van der Waals surface area contributed by atoms with E-state index in [-0.39, 0.29) is 6.04 Å². The minimum atomic E-state index is -0.143. The molecule has 1 heterocycles. The summed E-state index contributed by atoms with van der Waals surface area (Å²) in [6.07, 6.45) is 3.30. The monoisotopic (exact) mass is 181 g/mol. The van der Waals surface area contributed by atoms with Crippen molar-refractivity contribution in [2.24, 2.45) is 5.73 Å². The Hall–Kier alpha value is -1.13. The van der Waals surface area contributed by atoms with Crippen molar-refractivity contribution < 1.29 is 4.74 Å². The second-order valence-corrected chi connectivity index (χ2v) is 2.82. The predicted molar refractivity (Wildman–Crippen MR) is 52.1 cm³/mol. The van der Waals surface area contributed by atoms with Crippen LogP contribution in [-0.4, -0.2) is 18.2 Å². The summed E-state index contributed by atoms with van der Waals surface area (Å²) in [4.78, 5) is 3.95. The number of hydrogen-bond donors (Lipinski definition) is 2. The van der Waals surface area contributed by atoms with Crippen LogP contribution >= 0.6 is 0 Å². The third-order valence-electron chi connectivity index (χ3n) is 1.71. The Morgan fingerprint density at radius 1 is 1.54 bits per heavy atom. The largest absolute Gasteiger partial charge is 0.397 e. The van der Waals surface area contributed by atoms with E-state index in [0.29, 0.717) is 18.9 Å². The molecule has 0 spiro atoms. The summed E-state index contributed by atoms with van der Waals surface area (Å²) in [5.41, 5.74) is 12.9. The first-order chi connectivity index (χ1) is 6.24. The Labute approximate surface area is 77.9 Å². The number of rotatable bonds is 4. The molecule has 72 valence electrons. The Kier molecular flexibility index (Phi) is 3.67. The van der Waals surface area contributed by atoms with E-state index in [9.17, 15) is 0 Å². The molecule has 0 saturated heterocycles. The number of hydrogen-bond acceptors (Lipinski definition) is 4. The highest BCUT2D eigenvalue weighted by molar-refractivity contribution is 5.38. The molecular weight excluding hydrogens is 166 g/mol. The van der Waals surface area contributed by atoms with Gasteiger partial charge in [0.25, 0.3) is 0 Å². The minimum absolute atomic E-state index is 0.143. The molecule has 4 heteroatoms. The molecule has 1 unspecified atom stereocenters. The van der Waals surface area contributed by atoms with Gasteiger partial charge in [-0.1, -0.05) is 0 Å². The number of nitrogens with two attached hydrogens (primary N) is 2. The Morgan fingerprint density at radius 2 is 2.31 bits per heavy atom. The lowest BCUT2D eigenvalue weighted by atomic mass is 10.1. The summed E-state index contributed by atoms with van der Waals surface area (Å²) in [5, 5.41) is 0. The number of aromatic nitrogens is 1. The summed E-state index contributed by atoms with van der Waals surface area (Å²) in [6.45, 7) is 3.11. The highest BCUT2D eigenvalue weighted by Gasteiger charge is 2.05. The van der Waals surface area contributed by atoms with Crippen LogP contribution in [0, 0.1) is 0 Å². The van der Waals surface area contributed by atoms with Gasteiger partial charge in [0.15, 0.2) is 0 Å². The molecule has 4 nitrogen and oxygen atoms in total. The van der Waals surface area contributed by atoms with Gasteiger partial charge in [-0.3, -0.25) is 4.98 Å². The molecule has 1 atom stereocenters. The van der Waals surface area contributed by atoms with Crippen LogP contribution in [0.25, 0.3) is 0 Å². The topological polar surface area (TPSA) is 74.2 Å². The van der Waals surface area contributed by atoms with E-state index >= 15 is 0 Å². The predicted octanol–water partition coefficient (Wildman–Crippen LogP) is 0.700. The van der Waals surface area contributed by atoms with Crippen molar-refractivity contribution in [3.05, 3.63) is 24.0 Å². The molecule has 0 aromatic carbocycles. The fourth-order valence-corrected chi connectivity index (χ4v) is 1.02. The second kappa shape index (κ2) is 4.79. The SMILES string of the molecule is CCOCC(N)c1cncc(N)c1. The van der Waals surface area contributed by atoms with Crippen molar-refractivity contribution in [1.82, 2.24) is 4.98 Å². The third-order valence-corrected chi connectivity index (χ3v) is 1.71. The second-order valence-electron chi connectivity index (χ2n) is 2.82. The summed E-state index contributed by atoms with van der Waals surface area (Å²) in [6, 6.07) is 1.67. The summed E-state index contributed by atoms with van der Waals surface area (Å²) < 4.78 is 5.20. The van der Waals surface area contributed by atoms with E-state index in [1.165, 1.54) is 0 Å². The molecule has 0 saturated carbocycles.